The minimum Gasteiger partial charge on any atom is -0.380 e. The highest BCUT2D eigenvalue weighted by Crippen LogP contribution is 2.29. The van der Waals surface area contributed by atoms with Gasteiger partial charge in [-0.1, -0.05) is 38.1 Å². The van der Waals surface area contributed by atoms with E-state index >= 15 is 0 Å². The van der Waals surface area contributed by atoms with E-state index < -0.39 is 18.0 Å². The lowest BCUT2D eigenvalue weighted by Crippen LogP contribution is -2.19. The average molecular weight is 383 g/mol. The first-order valence-electron chi connectivity index (χ1n) is 8.50. The van der Waals surface area contributed by atoms with Gasteiger partial charge in [-0.15, -0.1) is 0 Å². The number of benzene rings is 1. The molecule has 1 unspecified atom stereocenters. The molecule has 27 heavy (non-hydrogen) atoms. The van der Waals surface area contributed by atoms with E-state index in [9.17, 15) is 18.3 Å². The van der Waals surface area contributed by atoms with E-state index in [4.69, 9.17) is 10.6 Å². The summed E-state index contributed by atoms with van der Waals surface area (Å²) in [6, 6.07) is 6.43. The van der Waals surface area contributed by atoms with Crippen LogP contribution in [0.5, 0.6) is 0 Å². The Bertz CT molecular complexity index is 792. The number of aliphatic hydroxyl groups is 1. The van der Waals surface area contributed by atoms with E-state index in [2.05, 4.69) is 30.9 Å². The number of rotatable bonds is 6. The molecule has 5 nitrogen and oxygen atoms in total. The van der Waals surface area contributed by atoms with Gasteiger partial charge in [0, 0.05) is 23.9 Å². The number of amidine groups is 1. The van der Waals surface area contributed by atoms with E-state index in [0.29, 0.717) is 6.42 Å². The molecule has 148 valence electrons. The zero-order chi connectivity index (χ0) is 20.2. The first kappa shape index (κ1) is 20.8. The Morgan fingerprint density at radius 3 is 2.59 bits per heavy atom. The zero-order valence-electron chi connectivity index (χ0n) is 15.5. The van der Waals surface area contributed by atoms with E-state index in [1.807, 2.05) is 12.3 Å². The number of nitrogens with one attached hydrogen (secondary N) is 1. The van der Waals surface area contributed by atoms with E-state index in [-0.39, 0.29) is 23.2 Å². The fourth-order valence-corrected chi connectivity index (χ4v) is 2.66. The molecule has 0 aliphatic carbocycles. The minimum atomic E-state index is -4.47. The summed E-state index contributed by atoms with van der Waals surface area (Å²) >= 11 is 0. The van der Waals surface area contributed by atoms with Gasteiger partial charge in [-0.05, 0) is 35.6 Å². The number of halogens is 3. The van der Waals surface area contributed by atoms with Crippen molar-refractivity contribution in [3.63, 3.8) is 0 Å². The maximum atomic E-state index is 12.7. The van der Waals surface area contributed by atoms with Crippen LogP contribution in [0, 0.1) is 0 Å². The number of hydrogen-bond acceptors (Lipinski definition) is 3. The molecule has 0 fully saturated rings. The monoisotopic (exact) mass is 383 g/mol. The third kappa shape index (κ3) is 5.75. The quantitative estimate of drug-likeness (QED) is 0.306. The van der Waals surface area contributed by atoms with Crippen molar-refractivity contribution in [3.8, 4) is 0 Å². The Balaban J connectivity index is 1.97. The number of aryl methyl sites for hydroxylation is 1. The predicted molar refractivity (Wildman–Crippen MR) is 97.1 cm³/mol. The second kappa shape index (κ2) is 8.04. The number of oxime groups is 1. The van der Waals surface area contributed by atoms with Crippen LogP contribution in [0.2, 0.25) is 0 Å². The zero-order valence-corrected chi connectivity index (χ0v) is 15.5. The van der Waals surface area contributed by atoms with E-state index in [1.54, 1.807) is 0 Å². The van der Waals surface area contributed by atoms with Gasteiger partial charge in [-0.25, -0.2) is 0 Å². The van der Waals surface area contributed by atoms with Crippen LogP contribution in [0.4, 0.5) is 13.2 Å². The Morgan fingerprint density at radius 1 is 1.26 bits per heavy atom. The van der Waals surface area contributed by atoms with Crippen molar-refractivity contribution in [3.05, 3.63) is 58.9 Å². The third-order valence-electron chi connectivity index (χ3n) is 4.04. The average Bonchev–Trinajstić information content (AvgIpc) is 3.06. The Kier molecular flexibility index (Phi) is 6.20. The molecular formula is C19H24F3N3O2. The lowest BCUT2D eigenvalue weighted by atomic mass is 9.86. The fraction of sp³-hybridized carbons (Fsp3) is 0.421. The molecule has 2 rings (SSSR count). The summed E-state index contributed by atoms with van der Waals surface area (Å²) in [5, 5.41) is 13.5. The molecule has 2 aromatic rings. The van der Waals surface area contributed by atoms with E-state index in [1.165, 1.54) is 12.1 Å². The van der Waals surface area contributed by atoms with Crippen LogP contribution in [0.3, 0.4) is 0 Å². The number of aromatic amines is 1. The molecule has 0 bridgehead atoms. The molecule has 1 atom stereocenters. The topological polar surface area (TPSA) is 83.6 Å². The summed E-state index contributed by atoms with van der Waals surface area (Å²) in [6.45, 7) is 6.27. The lowest BCUT2D eigenvalue weighted by molar-refractivity contribution is -0.137. The smallest absolute Gasteiger partial charge is 0.380 e. The fourth-order valence-electron chi connectivity index (χ4n) is 2.66. The van der Waals surface area contributed by atoms with Gasteiger partial charge in [-0.2, -0.15) is 13.2 Å². The molecule has 0 aliphatic rings. The van der Waals surface area contributed by atoms with Crippen molar-refractivity contribution >= 4 is 5.84 Å². The summed E-state index contributed by atoms with van der Waals surface area (Å²) in [4.78, 5) is 8.08. The Labute approximate surface area is 156 Å². The van der Waals surface area contributed by atoms with Crippen molar-refractivity contribution in [2.24, 2.45) is 10.9 Å². The molecule has 1 aromatic heterocycles. The predicted octanol–water partition coefficient (Wildman–Crippen LogP) is 3.92. The summed E-state index contributed by atoms with van der Waals surface area (Å²) in [6.07, 6.45) is -3.09. The molecule has 4 N–H and O–H groups in total. The van der Waals surface area contributed by atoms with Crippen molar-refractivity contribution in [1.82, 2.24) is 4.98 Å². The summed E-state index contributed by atoms with van der Waals surface area (Å²) in [5.74, 6) is -0.240. The largest absolute Gasteiger partial charge is 0.416 e. The maximum Gasteiger partial charge on any atom is 0.416 e. The maximum absolute atomic E-state index is 12.7. The number of aromatic nitrogens is 1. The second-order valence-corrected chi connectivity index (χ2v) is 7.27. The number of hydrogen-bond donors (Lipinski definition) is 3. The number of nitrogens with two attached hydrogens (primary N) is 1. The number of alkyl halides is 3. The molecule has 0 spiro atoms. The van der Waals surface area contributed by atoms with Crippen molar-refractivity contribution in [2.45, 2.75) is 51.5 Å². The van der Waals surface area contributed by atoms with Crippen molar-refractivity contribution in [1.29, 1.82) is 0 Å². The molecular weight excluding hydrogens is 359 g/mol. The first-order chi connectivity index (χ1) is 12.5. The van der Waals surface area contributed by atoms with E-state index in [0.717, 1.165) is 23.4 Å². The molecule has 0 amide bonds. The lowest BCUT2D eigenvalue weighted by Gasteiger charge is -2.19. The van der Waals surface area contributed by atoms with Crippen LogP contribution in [-0.2, 0) is 22.8 Å². The van der Waals surface area contributed by atoms with Gasteiger partial charge in [0.25, 0.3) is 0 Å². The summed E-state index contributed by atoms with van der Waals surface area (Å²) in [7, 11) is 0. The molecule has 1 heterocycles. The standard InChI is InChI=1S/C19H24F3N3O2/c1-18(2,3)14-9-10-24-15(14)7-8-16(26)27-25-17(23)12-5-4-6-13(11-12)19(20,21)22/h4-6,9-11,16,24,26H,7-8H2,1-3H3,(H2,23,25). The van der Waals surface area contributed by atoms with Gasteiger partial charge in [-0.3, -0.25) is 0 Å². The van der Waals surface area contributed by atoms with Gasteiger partial charge in [0.15, 0.2) is 5.84 Å². The van der Waals surface area contributed by atoms with Crippen molar-refractivity contribution < 1.29 is 23.1 Å². The third-order valence-corrected chi connectivity index (χ3v) is 4.04. The first-order valence-corrected chi connectivity index (χ1v) is 8.50. The van der Waals surface area contributed by atoms with Gasteiger partial charge >= 0.3 is 6.18 Å². The molecule has 8 heteroatoms. The molecule has 1 aromatic carbocycles. The number of H-pyrrole nitrogens is 1. The van der Waals surface area contributed by atoms with Gasteiger partial charge < -0.3 is 20.7 Å². The summed E-state index contributed by atoms with van der Waals surface area (Å²) in [5.41, 5.74) is 6.99. The normalized spacial score (nSPS) is 14.3. The second-order valence-electron chi connectivity index (χ2n) is 7.27. The van der Waals surface area contributed by atoms with Gasteiger partial charge in [0.1, 0.15) is 0 Å². The highest BCUT2D eigenvalue weighted by atomic mass is 19.4. The van der Waals surface area contributed by atoms with Crippen LogP contribution in [0.25, 0.3) is 0 Å². The highest BCUT2D eigenvalue weighted by Gasteiger charge is 2.30. The number of nitrogens with zero attached hydrogens (tertiary/aromatic N) is 1. The number of aliphatic hydroxyl groups excluding tert-OH is 1. The Morgan fingerprint density at radius 2 is 1.96 bits per heavy atom. The van der Waals surface area contributed by atoms with Crippen LogP contribution in [-0.4, -0.2) is 22.2 Å². The highest BCUT2D eigenvalue weighted by molar-refractivity contribution is 5.97. The van der Waals surface area contributed by atoms with Crippen LogP contribution < -0.4 is 5.73 Å². The molecule has 0 saturated heterocycles. The minimum absolute atomic E-state index is 0.0345. The van der Waals surface area contributed by atoms with Gasteiger partial charge in [0.2, 0.25) is 6.29 Å². The summed E-state index contributed by atoms with van der Waals surface area (Å²) < 4.78 is 38.2. The van der Waals surface area contributed by atoms with Crippen LogP contribution in [0.1, 0.15) is 49.6 Å². The SMILES string of the molecule is CC(C)(C)c1cc[nH]c1CCC(O)ON=C(N)c1cccc(C(F)(F)F)c1. The van der Waals surface area contributed by atoms with Gasteiger partial charge in [0.05, 0.1) is 5.56 Å². The van der Waals surface area contributed by atoms with Crippen molar-refractivity contribution in [2.75, 3.05) is 0 Å². The molecule has 0 saturated carbocycles. The molecule has 0 radical (unpaired) electrons. The Hall–Kier alpha value is -2.48. The van der Waals surface area contributed by atoms with Crippen LogP contribution >= 0.6 is 0 Å². The molecule has 0 aliphatic heterocycles. The van der Waals surface area contributed by atoms with Crippen LogP contribution in [0.15, 0.2) is 41.7 Å².